The Balaban J connectivity index is 2.06. The molecule has 1 saturated heterocycles. The minimum atomic E-state index is -5.16. The lowest BCUT2D eigenvalue weighted by molar-refractivity contribution is -0.235. The predicted octanol–water partition coefficient (Wildman–Crippen LogP) is 1.65. The fraction of sp³-hybridized carbons (Fsp3) is 0.846. The summed E-state index contributed by atoms with van der Waals surface area (Å²) in [5.74, 6) is -1.95. The number of fused-ring (bicyclic) bond motifs is 1. The molecule has 3 unspecified atom stereocenters. The number of nitrogens with zero attached hydrogens (tertiary/aromatic N) is 2. The van der Waals surface area contributed by atoms with Crippen molar-refractivity contribution < 1.29 is 27.6 Å². The van der Waals surface area contributed by atoms with E-state index in [4.69, 9.17) is 5.73 Å². The van der Waals surface area contributed by atoms with E-state index in [9.17, 15) is 22.8 Å². The summed E-state index contributed by atoms with van der Waals surface area (Å²) in [5.41, 5.74) is 5.09. The molecule has 0 radical (unpaired) electrons. The van der Waals surface area contributed by atoms with Crippen LogP contribution >= 0.6 is 0 Å². The van der Waals surface area contributed by atoms with Crippen LogP contribution in [0.1, 0.15) is 32.6 Å². The van der Waals surface area contributed by atoms with Crippen molar-refractivity contribution in [2.75, 3.05) is 13.1 Å². The Hall–Kier alpha value is -1.51. The predicted molar refractivity (Wildman–Crippen MR) is 70.4 cm³/mol. The Kier molecular flexibility index (Phi) is 4.84. The van der Waals surface area contributed by atoms with Crippen LogP contribution in [0.4, 0.5) is 18.0 Å². The lowest BCUT2D eigenvalue weighted by Gasteiger charge is -2.39. The molecule has 3 atom stereocenters. The van der Waals surface area contributed by atoms with Gasteiger partial charge in [-0.15, -0.1) is 0 Å². The average molecular weight is 323 g/mol. The van der Waals surface area contributed by atoms with E-state index in [1.807, 2.05) is 6.92 Å². The SMILES string of the molecule is CCN1CCC2CCC(N(OC(=O)C(F)(F)F)C(N)=O)CC21. The number of nitrogens with two attached hydrogens (primary N) is 1. The highest BCUT2D eigenvalue weighted by atomic mass is 19.4. The summed E-state index contributed by atoms with van der Waals surface area (Å²) in [4.78, 5) is 28.8. The molecule has 0 aromatic rings. The summed E-state index contributed by atoms with van der Waals surface area (Å²) < 4.78 is 36.9. The first kappa shape index (κ1) is 16.9. The van der Waals surface area contributed by atoms with Crippen molar-refractivity contribution in [1.29, 1.82) is 0 Å². The topological polar surface area (TPSA) is 75.9 Å². The van der Waals surface area contributed by atoms with Gasteiger partial charge in [-0.25, -0.2) is 9.59 Å². The molecule has 2 amide bonds. The van der Waals surface area contributed by atoms with Crippen LogP contribution in [0, 0.1) is 5.92 Å². The zero-order valence-corrected chi connectivity index (χ0v) is 12.3. The Bertz CT molecular complexity index is 438. The number of alkyl halides is 3. The van der Waals surface area contributed by atoms with Gasteiger partial charge in [-0.05, 0) is 44.7 Å². The zero-order valence-electron chi connectivity index (χ0n) is 12.3. The number of likely N-dealkylation sites (tertiary alicyclic amines) is 1. The van der Waals surface area contributed by atoms with Crippen molar-refractivity contribution in [2.45, 2.75) is 50.9 Å². The largest absolute Gasteiger partial charge is 0.493 e. The van der Waals surface area contributed by atoms with Crippen LogP contribution in [0.3, 0.4) is 0 Å². The van der Waals surface area contributed by atoms with E-state index in [2.05, 4.69) is 9.74 Å². The Morgan fingerprint density at radius 3 is 2.55 bits per heavy atom. The van der Waals surface area contributed by atoms with Gasteiger partial charge in [0.25, 0.3) is 0 Å². The smallest absolute Gasteiger partial charge is 0.349 e. The first-order valence-electron chi connectivity index (χ1n) is 7.35. The molecule has 1 heterocycles. The third kappa shape index (κ3) is 3.45. The van der Waals surface area contributed by atoms with Gasteiger partial charge in [-0.3, -0.25) is 0 Å². The number of hydrogen-bond acceptors (Lipinski definition) is 4. The molecule has 22 heavy (non-hydrogen) atoms. The quantitative estimate of drug-likeness (QED) is 0.784. The summed E-state index contributed by atoms with van der Waals surface area (Å²) in [6.07, 6.45) is -2.39. The highest BCUT2D eigenvalue weighted by Gasteiger charge is 2.46. The van der Waals surface area contributed by atoms with Gasteiger partial charge in [0.1, 0.15) is 0 Å². The lowest BCUT2D eigenvalue weighted by atomic mass is 9.82. The second kappa shape index (κ2) is 6.31. The summed E-state index contributed by atoms with van der Waals surface area (Å²) >= 11 is 0. The van der Waals surface area contributed by atoms with Gasteiger partial charge in [-0.1, -0.05) is 6.92 Å². The Labute approximate surface area is 126 Å². The normalized spacial score (nSPS) is 29.0. The van der Waals surface area contributed by atoms with Crippen LogP contribution in [-0.2, 0) is 9.63 Å². The lowest BCUT2D eigenvalue weighted by Crippen LogP contribution is -2.51. The second-order valence-corrected chi connectivity index (χ2v) is 5.75. The molecule has 0 aromatic carbocycles. The van der Waals surface area contributed by atoms with Crippen LogP contribution in [-0.4, -0.2) is 53.3 Å². The van der Waals surface area contributed by atoms with E-state index < -0.39 is 24.2 Å². The summed E-state index contributed by atoms with van der Waals surface area (Å²) in [6.45, 7) is 3.80. The van der Waals surface area contributed by atoms with E-state index in [1.165, 1.54) is 0 Å². The van der Waals surface area contributed by atoms with Gasteiger partial charge in [0, 0.05) is 6.04 Å². The molecule has 2 fully saturated rings. The third-order valence-electron chi connectivity index (χ3n) is 4.55. The minimum Gasteiger partial charge on any atom is -0.349 e. The highest BCUT2D eigenvalue weighted by Crippen LogP contribution is 2.38. The first-order chi connectivity index (χ1) is 10.2. The van der Waals surface area contributed by atoms with Crippen LogP contribution in [0.15, 0.2) is 0 Å². The van der Waals surface area contributed by atoms with Crippen molar-refractivity contribution in [3.63, 3.8) is 0 Å². The molecule has 1 aliphatic carbocycles. The van der Waals surface area contributed by atoms with Gasteiger partial charge in [-0.2, -0.15) is 18.2 Å². The highest BCUT2D eigenvalue weighted by molar-refractivity contribution is 5.78. The molecule has 9 heteroatoms. The molecule has 0 aromatic heterocycles. The van der Waals surface area contributed by atoms with Crippen molar-refractivity contribution in [3.8, 4) is 0 Å². The van der Waals surface area contributed by atoms with Gasteiger partial charge in [0.2, 0.25) is 0 Å². The van der Waals surface area contributed by atoms with E-state index in [0.717, 1.165) is 25.9 Å². The van der Waals surface area contributed by atoms with Crippen molar-refractivity contribution in [1.82, 2.24) is 9.96 Å². The summed E-state index contributed by atoms with van der Waals surface area (Å²) in [5, 5.41) is 0.401. The number of urea groups is 1. The van der Waals surface area contributed by atoms with Crippen LogP contribution < -0.4 is 5.73 Å². The number of carbonyl (C=O) groups excluding carboxylic acids is 2. The molecule has 2 aliphatic rings. The number of rotatable bonds is 2. The molecule has 6 nitrogen and oxygen atoms in total. The molecule has 126 valence electrons. The Morgan fingerprint density at radius 2 is 2.00 bits per heavy atom. The second-order valence-electron chi connectivity index (χ2n) is 5.75. The maximum Gasteiger partial charge on any atom is 0.493 e. The van der Waals surface area contributed by atoms with E-state index in [-0.39, 0.29) is 6.04 Å². The minimum absolute atomic E-state index is 0.190. The van der Waals surface area contributed by atoms with Gasteiger partial charge in [0.15, 0.2) is 0 Å². The molecular weight excluding hydrogens is 303 g/mol. The molecule has 2 rings (SSSR count). The van der Waals surface area contributed by atoms with E-state index in [0.29, 0.717) is 23.8 Å². The summed E-state index contributed by atoms with van der Waals surface area (Å²) in [7, 11) is 0. The zero-order chi connectivity index (χ0) is 16.5. The number of carbonyl (C=O) groups is 2. The van der Waals surface area contributed by atoms with Crippen molar-refractivity contribution >= 4 is 12.0 Å². The third-order valence-corrected chi connectivity index (χ3v) is 4.55. The average Bonchev–Trinajstić information content (AvgIpc) is 2.85. The molecule has 0 spiro atoms. The monoisotopic (exact) mass is 323 g/mol. The Morgan fingerprint density at radius 1 is 1.32 bits per heavy atom. The molecule has 0 bridgehead atoms. The maximum atomic E-state index is 12.3. The molecular formula is C13H20F3N3O3. The fourth-order valence-corrected chi connectivity index (χ4v) is 3.52. The van der Waals surface area contributed by atoms with Gasteiger partial charge < -0.3 is 15.5 Å². The number of hydroxylamine groups is 2. The summed E-state index contributed by atoms with van der Waals surface area (Å²) in [6, 6.07) is -1.60. The number of hydrogen-bond donors (Lipinski definition) is 1. The van der Waals surface area contributed by atoms with Crippen molar-refractivity contribution in [3.05, 3.63) is 0 Å². The number of amides is 2. The molecule has 1 saturated carbocycles. The number of primary amides is 1. The fourth-order valence-electron chi connectivity index (χ4n) is 3.52. The number of halogens is 3. The molecule has 2 N–H and O–H groups in total. The van der Waals surface area contributed by atoms with Crippen LogP contribution in [0.5, 0.6) is 0 Å². The molecule has 1 aliphatic heterocycles. The van der Waals surface area contributed by atoms with E-state index >= 15 is 0 Å². The van der Waals surface area contributed by atoms with Gasteiger partial charge >= 0.3 is 18.2 Å². The van der Waals surface area contributed by atoms with Crippen molar-refractivity contribution in [2.24, 2.45) is 11.7 Å². The van der Waals surface area contributed by atoms with Crippen LogP contribution in [0.2, 0.25) is 0 Å². The first-order valence-corrected chi connectivity index (χ1v) is 7.35. The van der Waals surface area contributed by atoms with Crippen LogP contribution in [0.25, 0.3) is 0 Å². The standard InChI is InChI=1S/C13H20F3N3O3/c1-2-18-6-5-8-3-4-9(7-10(8)18)19(12(17)21)22-11(20)13(14,15)16/h8-10H,2-7H2,1H3,(H2,17,21). The maximum absolute atomic E-state index is 12.3. The van der Waals surface area contributed by atoms with Gasteiger partial charge in [0.05, 0.1) is 6.04 Å². The van der Waals surface area contributed by atoms with E-state index in [1.54, 1.807) is 0 Å².